The van der Waals surface area contributed by atoms with Crippen LogP contribution in [-0.2, 0) is 14.3 Å². The average Bonchev–Trinajstić information content (AvgIpc) is 3.04. The predicted octanol–water partition coefficient (Wildman–Crippen LogP) is 3.46. The molecule has 0 saturated carbocycles. The van der Waals surface area contributed by atoms with Crippen molar-refractivity contribution < 1.29 is 23.8 Å². The van der Waals surface area contributed by atoms with Gasteiger partial charge in [-0.3, -0.25) is 14.5 Å². The largest absolute Gasteiger partial charge is 0.497 e. The van der Waals surface area contributed by atoms with Gasteiger partial charge >= 0.3 is 0 Å². The number of rotatable bonds is 11. The zero-order chi connectivity index (χ0) is 23.8. The third-order valence-corrected chi connectivity index (χ3v) is 5.64. The molecule has 0 unspecified atom stereocenters. The summed E-state index contributed by atoms with van der Waals surface area (Å²) in [6.45, 7) is 3.51. The van der Waals surface area contributed by atoms with E-state index < -0.39 is 6.04 Å². The molecule has 176 valence electrons. The maximum atomic E-state index is 13.4. The van der Waals surface area contributed by atoms with E-state index in [2.05, 4.69) is 5.32 Å². The third kappa shape index (κ3) is 6.00. The summed E-state index contributed by atoms with van der Waals surface area (Å²) in [5.41, 5.74) is 1.27. The Morgan fingerprint density at radius 3 is 2.33 bits per heavy atom. The number of carbonyl (C=O) groups is 2. The van der Waals surface area contributed by atoms with Crippen LogP contribution in [0.4, 0.5) is 11.4 Å². The predicted molar refractivity (Wildman–Crippen MR) is 131 cm³/mol. The Hall–Kier alpha value is -3.17. The second kappa shape index (κ2) is 11.6. The number of carbonyl (C=O) groups excluding carboxylic acids is 2. The van der Waals surface area contributed by atoms with E-state index in [1.807, 2.05) is 6.92 Å². The van der Waals surface area contributed by atoms with Crippen molar-refractivity contribution in [2.75, 3.05) is 44.2 Å². The van der Waals surface area contributed by atoms with Crippen LogP contribution in [0, 0.1) is 0 Å². The molecule has 8 nitrogen and oxygen atoms in total. The van der Waals surface area contributed by atoms with Gasteiger partial charge in [0, 0.05) is 25.9 Å². The lowest BCUT2D eigenvalue weighted by molar-refractivity contribution is -0.124. The second-order valence-electron chi connectivity index (χ2n) is 7.42. The first-order valence-corrected chi connectivity index (χ1v) is 11.2. The molecule has 1 heterocycles. The summed E-state index contributed by atoms with van der Waals surface area (Å²) in [5, 5.41) is 3.23. The van der Waals surface area contributed by atoms with E-state index in [0.717, 1.165) is 5.75 Å². The van der Waals surface area contributed by atoms with Crippen molar-refractivity contribution in [3.8, 4) is 11.5 Å². The average molecular weight is 472 g/mol. The molecule has 2 aromatic rings. The molecule has 0 spiro atoms. The number of ether oxygens (including phenoxy) is 3. The molecule has 1 fully saturated rings. The maximum absolute atomic E-state index is 13.4. The lowest BCUT2D eigenvalue weighted by Gasteiger charge is -2.23. The van der Waals surface area contributed by atoms with Crippen LogP contribution in [0.1, 0.15) is 19.8 Å². The molecule has 0 aliphatic carbocycles. The van der Waals surface area contributed by atoms with Crippen LogP contribution < -0.4 is 19.7 Å². The van der Waals surface area contributed by atoms with Crippen LogP contribution >= 0.6 is 12.2 Å². The number of nitrogens with one attached hydrogen (secondary N) is 1. The van der Waals surface area contributed by atoms with Gasteiger partial charge in [0.25, 0.3) is 5.91 Å². The Kier molecular flexibility index (Phi) is 8.62. The fourth-order valence-electron chi connectivity index (χ4n) is 3.62. The van der Waals surface area contributed by atoms with Crippen LogP contribution in [0.5, 0.6) is 11.5 Å². The van der Waals surface area contributed by atoms with Crippen LogP contribution in [0.2, 0.25) is 0 Å². The molecule has 1 aliphatic heterocycles. The van der Waals surface area contributed by atoms with Crippen molar-refractivity contribution in [1.82, 2.24) is 4.90 Å². The molecule has 2 aromatic carbocycles. The summed E-state index contributed by atoms with van der Waals surface area (Å²) in [7, 11) is 3.20. The van der Waals surface area contributed by atoms with Gasteiger partial charge < -0.3 is 24.4 Å². The first-order chi connectivity index (χ1) is 16.0. The molecule has 1 atom stereocenters. The number of benzene rings is 2. The van der Waals surface area contributed by atoms with E-state index in [0.29, 0.717) is 48.4 Å². The fourth-order valence-corrected chi connectivity index (χ4v) is 4.04. The Morgan fingerprint density at radius 2 is 1.73 bits per heavy atom. The molecule has 1 aliphatic rings. The highest BCUT2D eigenvalue weighted by Gasteiger charge is 2.43. The van der Waals surface area contributed by atoms with Crippen LogP contribution in [0.15, 0.2) is 48.5 Å². The smallest absolute Gasteiger partial charge is 0.256 e. The highest BCUT2D eigenvalue weighted by Crippen LogP contribution is 2.29. The highest BCUT2D eigenvalue weighted by molar-refractivity contribution is 7.80. The van der Waals surface area contributed by atoms with Gasteiger partial charge in [-0.15, -0.1) is 0 Å². The SMILES string of the molecule is CCOc1ccc(NC(=O)C[C@H]2C(=O)N(c3ccc(OC)cc3)C(=S)N2CCCOC)cc1. The van der Waals surface area contributed by atoms with Crippen LogP contribution in [-0.4, -0.2) is 61.8 Å². The highest BCUT2D eigenvalue weighted by atomic mass is 32.1. The van der Waals surface area contributed by atoms with Gasteiger partial charge in [-0.2, -0.15) is 0 Å². The van der Waals surface area contributed by atoms with Crippen molar-refractivity contribution in [3.05, 3.63) is 48.5 Å². The van der Waals surface area contributed by atoms with Crippen molar-refractivity contribution in [3.63, 3.8) is 0 Å². The molecule has 0 aromatic heterocycles. The van der Waals surface area contributed by atoms with Crippen molar-refractivity contribution in [2.45, 2.75) is 25.8 Å². The van der Waals surface area contributed by atoms with E-state index in [4.69, 9.17) is 26.4 Å². The lowest BCUT2D eigenvalue weighted by Crippen LogP contribution is -2.38. The van der Waals surface area contributed by atoms with Crippen molar-refractivity contribution in [1.29, 1.82) is 0 Å². The summed E-state index contributed by atoms with van der Waals surface area (Å²) in [6, 6.07) is 13.5. The van der Waals surface area contributed by atoms with Gasteiger partial charge in [-0.1, -0.05) is 0 Å². The quantitative estimate of drug-likeness (QED) is 0.397. The minimum absolute atomic E-state index is 0.0220. The van der Waals surface area contributed by atoms with Gasteiger partial charge in [0.15, 0.2) is 5.11 Å². The number of hydrogen-bond donors (Lipinski definition) is 1. The summed E-state index contributed by atoms with van der Waals surface area (Å²) in [6.07, 6.45) is 0.656. The minimum atomic E-state index is -0.695. The molecule has 33 heavy (non-hydrogen) atoms. The molecular weight excluding hydrogens is 442 g/mol. The minimum Gasteiger partial charge on any atom is -0.497 e. The molecule has 2 amide bonds. The van der Waals surface area contributed by atoms with Crippen molar-refractivity contribution >= 4 is 40.5 Å². The van der Waals surface area contributed by atoms with Gasteiger partial charge in [0.05, 0.1) is 25.8 Å². The Balaban J connectivity index is 1.75. The van der Waals surface area contributed by atoms with Crippen molar-refractivity contribution in [2.24, 2.45) is 0 Å². The molecule has 0 bridgehead atoms. The van der Waals surface area contributed by atoms with Crippen LogP contribution in [0.3, 0.4) is 0 Å². The van der Waals surface area contributed by atoms with E-state index in [1.165, 1.54) is 4.90 Å². The molecule has 0 radical (unpaired) electrons. The first-order valence-electron chi connectivity index (χ1n) is 10.8. The zero-order valence-electron chi connectivity index (χ0n) is 19.1. The van der Waals surface area contributed by atoms with E-state index in [-0.39, 0.29) is 18.2 Å². The maximum Gasteiger partial charge on any atom is 0.256 e. The second-order valence-corrected chi connectivity index (χ2v) is 7.78. The van der Waals surface area contributed by atoms with E-state index >= 15 is 0 Å². The fraction of sp³-hybridized carbons (Fsp3) is 0.375. The number of thiocarbonyl (C=S) groups is 1. The number of nitrogens with zero attached hydrogens (tertiary/aromatic N) is 2. The molecule has 1 N–H and O–H groups in total. The number of methoxy groups -OCH3 is 2. The Bertz CT molecular complexity index is 965. The summed E-state index contributed by atoms with van der Waals surface area (Å²) < 4.78 is 15.8. The topological polar surface area (TPSA) is 80.3 Å². The van der Waals surface area contributed by atoms with Gasteiger partial charge in [-0.25, -0.2) is 0 Å². The third-order valence-electron chi connectivity index (χ3n) is 5.22. The van der Waals surface area contributed by atoms with E-state index in [1.54, 1.807) is 67.7 Å². The standard InChI is InChI=1S/C24H29N3O5S/c1-4-32-20-10-6-17(7-11-20)25-22(28)16-21-23(29)27(18-8-12-19(31-3)13-9-18)24(33)26(21)14-5-15-30-2/h6-13,21H,4-5,14-16H2,1-3H3,(H,25,28)/t21-/m0/s1. The van der Waals surface area contributed by atoms with Gasteiger partial charge in [0.2, 0.25) is 5.91 Å². The monoisotopic (exact) mass is 471 g/mol. The van der Waals surface area contributed by atoms with Gasteiger partial charge in [-0.05, 0) is 74.1 Å². The summed E-state index contributed by atoms with van der Waals surface area (Å²) in [5.74, 6) is 0.906. The van der Waals surface area contributed by atoms with Gasteiger partial charge in [0.1, 0.15) is 17.5 Å². The van der Waals surface area contributed by atoms with Crippen LogP contribution in [0.25, 0.3) is 0 Å². The molecular formula is C24H29N3O5S. The number of anilines is 2. The number of hydrogen-bond acceptors (Lipinski definition) is 6. The van der Waals surface area contributed by atoms with E-state index in [9.17, 15) is 9.59 Å². The molecule has 9 heteroatoms. The lowest BCUT2D eigenvalue weighted by atomic mass is 10.1. The Morgan fingerprint density at radius 1 is 1.06 bits per heavy atom. The number of amides is 2. The summed E-state index contributed by atoms with van der Waals surface area (Å²) in [4.78, 5) is 29.5. The molecule has 3 rings (SSSR count). The Labute approximate surface area is 199 Å². The normalized spacial score (nSPS) is 15.7. The molecule has 1 saturated heterocycles. The summed E-state index contributed by atoms with van der Waals surface area (Å²) >= 11 is 5.64. The first kappa shape index (κ1) is 24.5. The zero-order valence-corrected chi connectivity index (χ0v) is 19.9.